The summed E-state index contributed by atoms with van der Waals surface area (Å²) < 4.78 is 0. The molecule has 23 heavy (non-hydrogen) atoms. The third-order valence-electron chi connectivity index (χ3n) is 4.09. The van der Waals surface area contributed by atoms with Crippen LogP contribution in [0.4, 0.5) is 0 Å². The van der Waals surface area contributed by atoms with E-state index in [1.165, 1.54) is 61.5 Å². The Hall–Kier alpha value is -0.340. The Morgan fingerprint density at radius 1 is 1.17 bits per heavy atom. The second-order valence-electron chi connectivity index (χ2n) is 5.97. The van der Waals surface area contributed by atoms with Crippen molar-refractivity contribution in [3.05, 3.63) is 21.9 Å². The highest BCUT2D eigenvalue weighted by molar-refractivity contribution is 14.0. The highest BCUT2D eigenvalue weighted by Crippen LogP contribution is 2.14. The number of aliphatic imine (C=N–C) groups is 1. The van der Waals surface area contributed by atoms with Gasteiger partial charge in [0.1, 0.15) is 0 Å². The van der Waals surface area contributed by atoms with Gasteiger partial charge in [-0.3, -0.25) is 4.99 Å². The van der Waals surface area contributed by atoms with E-state index in [4.69, 9.17) is 0 Å². The lowest BCUT2D eigenvalue weighted by molar-refractivity contribution is 0.282. The van der Waals surface area contributed by atoms with Gasteiger partial charge < -0.3 is 15.5 Å². The fourth-order valence-corrected chi connectivity index (χ4v) is 3.67. The maximum Gasteiger partial charge on any atom is 0.191 e. The van der Waals surface area contributed by atoms with Crippen LogP contribution in [0.3, 0.4) is 0 Å². The highest BCUT2D eigenvalue weighted by Gasteiger charge is 2.08. The highest BCUT2D eigenvalue weighted by atomic mass is 127. The molecule has 1 aromatic heterocycles. The summed E-state index contributed by atoms with van der Waals surface area (Å²) in [4.78, 5) is 9.62. The molecule has 1 aliphatic heterocycles. The van der Waals surface area contributed by atoms with E-state index < -0.39 is 0 Å². The minimum Gasteiger partial charge on any atom is -0.356 e. The number of nitrogens with one attached hydrogen (secondary N) is 2. The lowest BCUT2D eigenvalue weighted by Crippen LogP contribution is -2.38. The molecule has 0 unspecified atom stereocenters. The van der Waals surface area contributed by atoms with Gasteiger partial charge in [-0.1, -0.05) is 12.8 Å². The van der Waals surface area contributed by atoms with E-state index in [1.54, 1.807) is 0 Å². The van der Waals surface area contributed by atoms with Crippen LogP contribution >= 0.6 is 35.3 Å². The minimum absolute atomic E-state index is 0. The van der Waals surface area contributed by atoms with Gasteiger partial charge in [0.15, 0.2) is 5.96 Å². The molecular weight excluding hydrogens is 419 g/mol. The average molecular weight is 450 g/mol. The summed E-state index contributed by atoms with van der Waals surface area (Å²) in [5.74, 6) is 0.905. The molecule has 0 atom stereocenters. The van der Waals surface area contributed by atoms with Crippen LogP contribution in [0.15, 0.2) is 17.1 Å². The normalized spacial score (nSPS) is 16.5. The molecule has 0 aromatic carbocycles. The van der Waals surface area contributed by atoms with Crippen molar-refractivity contribution in [1.29, 1.82) is 0 Å². The molecule has 2 N–H and O–H groups in total. The third-order valence-corrected chi connectivity index (χ3v) is 5.09. The second-order valence-corrected chi connectivity index (χ2v) is 7.35. The topological polar surface area (TPSA) is 39.7 Å². The first-order valence-electron chi connectivity index (χ1n) is 8.50. The van der Waals surface area contributed by atoms with E-state index in [9.17, 15) is 0 Å². The predicted octanol–water partition coefficient (Wildman–Crippen LogP) is 3.61. The number of rotatable bonds is 6. The van der Waals surface area contributed by atoms with E-state index in [0.29, 0.717) is 0 Å². The van der Waals surface area contributed by atoms with Gasteiger partial charge in [-0.15, -0.1) is 35.3 Å². The van der Waals surface area contributed by atoms with Crippen LogP contribution in [0.2, 0.25) is 0 Å². The fourth-order valence-electron chi connectivity index (χ4n) is 2.84. The number of aryl methyl sites for hydroxylation is 1. The summed E-state index contributed by atoms with van der Waals surface area (Å²) in [5, 5.41) is 6.80. The Morgan fingerprint density at radius 2 is 1.91 bits per heavy atom. The number of halogens is 1. The molecule has 0 aliphatic carbocycles. The smallest absolute Gasteiger partial charge is 0.191 e. The van der Waals surface area contributed by atoms with Crippen LogP contribution in [0.5, 0.6) is 0 Å². The van der Waals surface area contributed by atoms with Crippen molar-refractivity contribution in [1.82, 2.24) is 15.5 Å². The number of nitrogens with zero attached hydrogens (tertiary/aromatic N) is 2. The van der Waals surface area contributed by atoms with Crippen LogP contribution in [0.25, 0.3) is 0 Å². The summed E-state index contributed by atoms with van der Waals surface area (Å²) in [5.41, 5.74) is 0. The van der Waals surface area contributed by atoms with Crippen LogP contribution in [0.1, 0.15) is 41.9 Å². The predicted molar refractivity (Wildman–Crippen MR) is 112 cm³/mol. The molecular formula is C17H31IN4S. The largest absolute Gasteiger partial charge is 0.356 e. The van der Waals surface area contributed by atoms with Gasteiger partial charge >= 0.3 is 0 Å². The molecule has 0 bridgehead atoms. The number of hydrogen-bond acceptors (Lipinski definition) is 3. The standard InChI is InChI=1S/C17H30N4S.HI/c1-15-8-9-16(22-15)14-20-17(18-2)19-10-7-13-21-11-5-3-4-6-12-21;/h8-9H,3-7,10-14H2,1-2H3,(H2,18,19,20);1H. The zero-order valence-electron chi connectivity index (χ0n) is 14.4. The van der Waals surface area contributed by atoms with E-state index in [-0.39, 0.29) is 24.0 Å². The van der Waals surface area contributed by atoms with Crippen molar-refractivity contribution < 1.29 is 0 Å². The lowest BCUT2D eigenvalue weighted by Gasteiger charge is -2.20. The van der Waals surface area contributed by atoms with Gasteiger partial charge in [-0.25, -0.2) is 0 Å². The number of thiophene rings is 1. The molecule has 0 amide bonds. The Morgan fingerprint density at radius 3 is 2.52 bits per heavy atom. The monoisotopic (exact) mass is 450 g/mol. The zero-order valence-corrected chi connectivity index (χ0v) is 17.6. The van der Waals surface area contributed by atoms with Gasteiger partial charge in [-0.05, 0) is 58.0 Å². The van der Waals surface area contributed by atoms with Gasteiger partial charge in [0.25, 0.3) is 0 Å². The molecule has 0 radical (unpaired) electrons. The van der Waals surface area contributed by atoms with E-state index in [1.807, 2.05) is 18.4 Å². The van der Waals surface area contributed by atoms with Crippen LogP contribution < -0.4 is 10.6 Å². The van der Waals surface area contributed by atoms with Crippen molar-refractivity contribution in [3.63, 3.8) is 0 Å². The maximum absolute atomic E-state index is 4.29. The zero-order chi connectivity index (χ0) is 15.6. The van der Waals surface area contributed by atoms with Crippen molar-refractivity contribution in [2.24, 2.45) is 4.99 Å². The molecule has 1 aliphatic rings. The SMILES string of the molecule is CN=C(NCCCN1CCCCCC1)NCc1ccc(C)s1.I. The Labute approximate surface area is 162 Å². The van der Waals surface area contributed by atoms with Crippen molar-refractivity contribution >= 4 is 41.3 Å². The Bertz CT molecular complexity index is 453. The van der Waals surface area contributed by atoms with E-state index >= 15 is 0 Å². The first kappa shape index (κ1) is 20.7. The average Bonchev–Trinajstić information content (AvgIpc) is 2.78. The van der Waals surface area contributed by atoms with Crippen LogP contribution in [-0.2, 0) is 6.54 Å². The van der Waals surface area contributed by atoms with Crippen LogP contribution in [0, 0.1) is 6.92 Å². The van der Waals surface area contributed by atoms with Crippen molar-refractivity contribution in [2.75, 3.05) is 33.2 Å². The van der Waals surface area contributed by atoms with Crippen LogP contribution in [-0.4, -0.2) is 44.1 Å². The minimum atomic E-state index is 0. The Kier molecular flexibility index (Phi) is 10.9. The second kappa shape index (κ2) is 12.1. The van der Waals surface area contributed by atoms with Gasteiger partial charge in [0.2, 0.25) is 0 Å². The maximum atomic E-state index is 4.29. The summed E-state index contributed by atoms with van der Waals surface area (Å²) in [7, 11) is 1.84. The van der Waals surface area contributed by atoms with Gasteiger partial charge in [0.05, 0.1) is 6.54 Å². The fraction of sp³-hybridized carbons (Fsp3) is 0.706. The quantitative estimate of drug-likeness (QED) is 0.301. The number of likely N-dealkylation sites (tertiary alicyclic amines) is 1. The van der Waals surface area contributed by atoms with Gasteiger partial charge in [-0.2, -0.15) is 0 Å². The first-order chi connectivity index (χ1) is 10.8. The molecule has 0 spiro atoms. The third kappa shape index (κ3) is 8.35. The first-order valence-corrected chi connectivity index (χ1v) is 9.32. The molecule has 4 nitrogen and oxygen atoms in total. The summed E-state index contributed by atoms with van der Waals surface area (Å²) in [6, 6.07) is 4.35. The Balaban J connectivity index is 0.00000264. The number of guanidine groups is 1. The molecule has 132 valence electrons. The summed E-state index contributed by atoms with van der Waals surface area (Å²) >= 11 is 1.84. The summed E-state index contributed by atoms with van der Waals surface area (Å²) in [6.45, 7) is 7.75. The van der Waals surface area contributed by atoms with E-state index in [0.717, 1.165) is 19.0 Å². The summed E-state index contributed by atoms with van der Waals surface area (Å²) in [6.07, 6.45) is 6.74. The molecule has 0 saturated carbocycles. The van der Waals surface area contributed by atoms with Gasteiger partial charge in [0, 0.05) is 23.3 Å². The molecule has 1 fully saturated rings. The molecule has 1 aromatic rings. The van der Waals surface area contributed by atoms with Crippen molar-refractivity contribution in [2.45, 2.75) is 45.6 Å². The molecule has 6 heteroatoms. The van der Waals surface area contributed by atoms with Crippen molar-refractivity contribution in [3.8, 4) is 0 Å². The molecule has 2 rings (SSSR count). The van der Waals surface area contributed by atoms with E-state index in [2.05, 4.69) is 39.6 Å². The molecule has 2 heterocycles. The molecule has 1 saturated heterocycles. The lowest BCUT2D eigenvalue weighted by atomic mass is 10.2. The number of hydrogen-bond donors (Lipinski definition) is 2.